The SMILES string of the molecule is Cc1cccc(C2(C(=O)NCc3nnc(C4CC4)o3)CCCC2)c1. The van der Waals surface area contributed by atoms with Crippen molar-refractivity contribution >= 4 is 5.91 Å². The monoisotopic (exact) mass is 325 g/mol. The lowest BCUT2D eigenvalue weighted by molar-refractivity contribution is -0.126. The van der Waals surface area contributed by atoms with Gasteiger partial charge >= 0.3 is 0 Å². The predicted molar refractivity (Wildman–Crippen MR) is 89.4 cm³/mol. The van der Waals surface area contributed by atoms with Gasteiger partial charge in [0.05, 0.1) is 12.0 Å². The lowest BCUT2D eigenvalue weighted by Crippen LogP contribution is -2.42. The molecule has 2 fully saturated rings. The summed E-state index contributed by atoms with van der Waals surface area (Å²) in [4.78, 5) is 13.0. The average Bonchev–Trinajstić information content (AvgIpc) is 3.13. The molecule has 0 spiro atoms. The van der Waals surface area contributed by atoms with Crippen molar-refractivity contribution in [3.05, 3.63) is 47.2 Å². The standard InChI is InChI=1S/C19H23N3O2/c1-13-5-4-6-15(11-13)19(9-2-3-10-19)18(23)20-12-16-21-22-17(24-16)14-7-8-14/h4-6,11,14H,2-3,7-10,12H2,1H3,(H,20,23). The van der Waals surface area contributed by atoms with Gasteiger partial charge in [0.25, 0.3) is 0 Å². The van der Waals surface area contributed by atoms with Crippen LogP contribution in [0.3, 0.4) is 0 Å². The van der Waals surface area contributed by atoms with Gasteiger partial charge in [-0.1, -0.05) is 42.7 Å². The second kappa shape index (κ2) is 6.04. The molecule has 5 heteroatoms. The zero-order valence-electron chi connectivity index (χ0n) is 14.0. The Hall–Kier alpha value is -2.17. The molecule has 1 heterocycles. The predicted octanol–water partition coefficient (Wildman–Crippen LogP) is 3.38. The summed E-state index contributed by atoms with van der Waals surface area (Å²) in [7, 11) is 0. The number of hydrogen-bond donors (Lipinski definition) is 1. The van der Waals surface area contributed by atoms with Gasteiger partial charge in [0.2, 0.25) is 17.7 Å². The van der Waals surface area contributed by atoms with Gasteiger partial charge in [-0.3, -0.25) is 4.79 Å². The first-order chi connectivity index (χ1) is 11.7. The Morgan fingerprint density at radius 1 is 1.29 bits per heavy atom. The number of aryl methyl sites for hydroxylation is 1. The summed E-state index contributed by atoms with van der Waals surface area (Å²) in [5, 5.41) is 11.2. The molecule has 0 atom stereocenters. The summed E-state index contributed by atoms with van der Waals surface area (Å²) in [5.74, 6) is 1.74. The smallest absolute Gasteiger partial charge is 0.235 e. The van der Waals surface area contributed by atoms with Gasteiger partial charge in [-0.2, -0.15) is 0 Å². The third kappa shape index (κ3) is 2.83. The molecule has 1 aromatic carbocycles. The highest BCUT2D eigenvalue weighted by Crippen LogP contribution is 2.42. The number of benzene rings is 1. The minimum Gasteiger partial charge on any atom is -0.423 e. The summed E-state index contributed by atoms with van der Waals surface area (Å²) >= 11 is 0. The van der Waals surface area contributed by atoms with E-state index in [1.165, 1.54) is 5.56 Å². The fourth-order valence-corrected chi connectivity index (χ4v) is 3.73. The van der Waals surface area contributed by atoms with E-state index in [1.54, 1.807) is 0 Å². The first-order valence-corrected chi connectivity index (χ1v) is 8.85. The van der Waals surface area contributed by atoms with E-state index in [0.717, 1.165) is 44.1 Å². The van der Waals surface area contributed by atoms with Gasteiger partial charge in [-0.05, 0) is 38.2 Å². The maximum absolute atomic E-state index is 13.0. The van der Waals surface area contributed by atoms with Crippen molar-refractivity contribution < 1.29 is 9.21 Å². The van der Waals surface area contributed by atoms with Crippen molar-refractivity contribution in [3.63, 3.8) is 0 Å². The average molecular weight is 325 g/mol. The highest BCUT2D eigenvalue weighted by molar-refractivity contribution is 5.88. The molecular formula is C19H23N3O2. The molecule has 2 aliphatic rings. The highest BCUT2D eigenvalue weighted by atomic mass is 16.4. The van der Waals surface area contributed by atoms with Crippen LogP contribution >= 0.6 is 0 Å². The molecule has 24 heavy (non-hydrogen) atoms. The fourth-order valence-electron chi connectivity index (χ4n) is 3.73. The number of amides is 1. The minimum atomic E-state index is -0.411. The molecule has 0 unspecified atom stereocenters. The Balaban J connectivity index is 1.49. The second-order valence-corrected chi connectivity index (χ2v) is 7.15. The van der Waals surface area contributed by atoms with Crippen molar-refractivity contribution in [2.24, 2.45) is 0 Å². The molecule has 2 aliphatic carbocycles. The molecule has 0 bridgehead atoms. The third-order valence-corrected chi connectivity index (χ3v) is 5.27. The van der Waals surface area contributed by atoms with E-state index in [2.05, 4.69) is 40.6 Å². The van der Waals surface area contributed by atoms with Crippen LogP contribution in [0.4, 0.5) is 0 Å². The lowest BCUT2D eigenvalue weighted by Gasteiger charge is -2.28. The van der Waals surface area contributed by atoms with Crippen LogP contribution in [-0.2, 0) is 16.8 Å². The summed E-state index contributed by atoms with van der Waals surface area (Å²) in [5.41, 5.74) is 1.91. The summed E-state index contributed by atoms with van der Waals surface area (Å²) in [6, 6.07) is 8.33. The number of nitrogens with one attached hydrogen (secondary N) is 1. The summed E-state index contributed by atoms with van der Waals surface area (Å²) < 4.78 is 5.64. The third-order valence-electron chi connectivity index (χ3n) is 5.27. The van der Waals surface area contributed by atoms with E-state index in [1.807, 2.05) is 6.07 Å². The molecule has 0 saturated heterocycles. The number of aromatic nitrogens is 2. The Labute approximate surface area is 141 Å². The van der Waals surface area contributed by atoms with Crippen LogP contribution in [0.5, 0.6) is 0 Å². The van der Waals surface area contributed by atoms with Crippen LogP contribution in [0.15, 0.2) is 28.7 Å². The highest BCUT2D eigenvalue weighted by Gasteiger charge is 2.42. The molecule has 0 aliphatic heterocycles. The molecule has 2 aromatic rings. The largest absolute Gasteiger partial charge is 0.423 e. The van der Waals surface area contributed by atoms with E-state index in [9.17, 15) is 4.79 Å². The molecule has 126 valence electrons. The van der Waals surface area contributed by atoms with Crippen LogP contribution in [0, 0.1) is 6.92 Å². The van der Waals surface area contributed by atoms with Crippen molar-refractivity contribution in [1.29, 1.82) is 0 Å². The number of carbonyl (C=O) groups is 1. The number of nitrogens with zero attached hydrogens (tertiary/aromatic N) is 2. The van der Waals surface area contributed by atoms with E-state index >= 15 is 0 Å². The second-order valence-electron chi connectivity index (χ2n) is 7.15. The van der Waals surface area contributed by atoms with Crippen molar-refractivity contribution in [2.45, 2.75) is 63.3 Å². The molecule has 2 saturated carbocycles. The maximum Gasteiger partial charge on any atom is 0.235 e. The minimum absolute atomic E-state index is 0.0803. The maximum atomic E-state index is 13.0. The van der Waals surface area contributed by atoms with Gasteiger partial charge in [-0.15, -0.1) is 10.2 Å². The zero-order chi connectivity index (χ0) is 16.6. The van der Waals surface area contributed by atoms with Crippen molar-refractivity contribution in [3.8, 4) is 0 Å². The van der Waals surface area contributed by atoms with Crippen molar-refractivity contribution in [1.82, 2.24) is 15.5 Å². The number of carbonyl (C=O) groups excluding carboxylic acids is 1. The molecule has 1 aromatic heterocycles. The fraction of sp³-hybridized carbons (Fsp3) is 0.526. The summed E-state index contributed by atoms with van der Waals surface area (Å²) in [6.45, 7) is 2.38. The van der Waals surface area contributed by atoms with Gasteiger partial charge < -0.3 is 9.73 Å². The van der Waals surface area contributed by atoms with E-state index in [-0.39, 0.29) is 5.91 Å². The topological polar surface area (TPSA) is 68.0 Å². The first-order valence-electron chi connectivity index (χ1n) is 8.85. The van der Waals surface area contributed by atoms with Crippen LogP contribution in [0.1, 0.15) is 67.4 Å². The van der Waals surface area contributed by atoms with Crippen LogP contribution in [0.25, 0.3) is 0 Å². The normalized spacial score (nSPS) is 19.4. The lowest BCUT2D eigenvalue weighted by atomic mass is 9.77. The molecule has 4 rings (SSSR count). The Bertz CT molecular complexity index is 743. The van der Waals surface area contributed by atoms with Gasteiger partial charge in [0, 0.05) is 5.92 Å². The van der Waals surface area contributed by atoms with Gasteiger partial charge in [-0.25, -0.2) is 0 Å². The molecular weight excluding hydrogens is 302 g/mol. The first kappa shape index (κ1) is 15.4. The van der Waals surface area contributed by atoms with Crippen LogP contribution < -0.4 is 5.32 Å². The molecule has 5 nitrogen and oxygen atoms in total. The zero-order valence-corrected chi connectivity index (χ0v) is 14.0. The van der Waals surface area contributed by atoms with Gasteiger partial charge in [0.1, 0.15) is 0 Å². The van der Waals surface area contributed by atoms with Crippen LogP contribution in [0.2, 0.25) is 0 Å². The van der Waals surface area contributed by atoms with E-state index in [4.69, 9.17) is 4.42 Å². The quantitative estimate of drug-likeness (QED) is 0.915. The number of rotatable bonds is 5. The van der Waals surface area contributed by atoms with Gasteiger partial charge in [0.15, 0.2) is 0 Å². The Morgan fingerprint density at radius 3 is 2.79 bits per heavy atom. The Morgan fingerprint density at radius 2 is 2.08 bits per heavy atom. The number of hydrogen-bond acceptors (Lipinski definition) is 4. The molecule has 1 amide bonds. The Kier molecular flexibility index (Phi) is 3.87. The molecule has 0 radical (unpaired) electrons. The van der Waals surface area contributed by atoms with Crippen LogP contribution in [-0.4, -0.2) is 16.1 Å². The van der Waals surface area contributed by atoms with E-state index in [0.29, 0.717) is 24.2 Å². The molecule has 1 N–H and O–H groups in total. The van der Waals surface area contributed by atoms with E-state index < -0.39 is 5.41 Å². The van der Waals surface area contributed by atoms with Crippen molar-refractivity contribution in [2.75, 3.05) is 0 Å². The summed E-state index contributed by atoms with van der Waals surface area (Å²) in [6.07, 6.45) is 6.25.